The summed E-state index contributed by atoms with van der Waals surface area (Å²) in [6, 6.07) is 15.9. The number of carbonyl (C=O) groups is 1. The molecule has 0 radical (unpaired) electrons. The Bertz CT molecular complexity index is 600. The summed E-state index contributed by atoms with van der Waals surface area (Å²) in [5, 5.41) is 6.10. The largest absolute Gasteiger partial charge is 0.381 e. The molecule has 108 valence electrons. The number of nitrogens with one attached hydrogen (secondary N) is 2. The number of aryl methyl sites for hydroxylation is 1. The van der Waals surface area contributed by atoms with Crippen LogP contribution in [0.15, 0.2) is 61.2 Å². The Labute approximate surface area is 125 Å². The predicted octanol–water partition coefficient (Wildman–Crippen LogP) is 3.52. The summed E-state index contributed by atoms with van der Waals surface area (Å²) in [4.78, 5) is 11.7. The van der Waals surface area contributed by atoms with Gasteiger partial charge < -0.3 is 10.6 Å². The lowest BCUT2D eigenvalue weighted by atomic mass is 10.1. The number of carbonyl (C=O) groups excluding carboxylic acids is 1. The first-order chi connectivity index (χ1) is 10.2. The Hall–Kier alpha value is -2.55. The third-order valence-electron chi connectivity index (χ3n) is 3.17. The second-order valence-electron chi connectivity index (χ2n) is 4.92. The van der Waals surface area contributed by atoms with E-state index >= 15 is 0 Å². The summed E-state index contributed by atoms with van der Waals surface area (Å²) in [6.07, 6.45) is 1.66. The van der Waals surface area contributed by atoms with E-state index in [2.05, 4.69) is 48.4 Å². The molecule has 2 rings (SSSR count). The van der Waals surface area contributed by atoms with E-state index in [1.54, 1.807) is 6.08 Å². The minimum Gasteiger partial charge on any atom is -0.381 e. The Morgan fingerprint density at radius 1 is 1.10 bits per heavy atom. The highest BCUT2D eigenvalue weighted by molar-refractivity contribution is 5.94. The van der Waals surface area contributed by atoms with Gasteiger partial charge in [-0.25, -0.2) is 0 Å². The Balaban J connectivity index is 1.91. The summed E-state index contributed by atoms with van der Waals surface area (Å²) >= 11 is 0. The van der Waals surface area contributed by atoms with Gasteiger partial charge in [0.1, 0.15) is 0 Å². The summed E-state index contributed by atoms with van der Waals surface area (Å²) < 4.78 is 0. The lowest BCUT2D eigenvalue weighted by Gasteiger charge is -2.08. The molecule has 0 aliphatic carbocycles. The lowest BCUT2D eigenvalue weighted by Crippen LogP contribution is -2.23. The van der Waals surface area contributed by atoms with Crippen molar-refractivity contribution in [1.29, 1.82) is 0 Å². The smallest absolute Gasteiger partial charge is 0.251 e. The lowest BCUT2D eigenvalue weighted by molar-refractivity contribution is 0.0958. The summed E-state index contributed by atoms with van der Waals surface area (Å²) in [5.41, 5.74) is 4.13. The van der Waals surface area contributed by atoms with Crippen LogP contribution in [0.25, 0.3) is 0 Å². The van der Waals surface area contributed by atoms with Crippen LogP contribution in [-0.2, 0) is 6.54 Å². The van der Waals surface area contributed by atoms with Crippen molar-refractivity contribution in [2.24, 2.45) is 0 Å². The van der Waals surface area contributed by atoms with Gasteiger partial charge in [0.15, 0.2) is 0 Å². The van der Waals surface area contributed by atoms with Crippen molar-refractivity contribution < 1.29 is 4.79 Å². The Morgan fingerprint density at radius 3 is 2.38 bits per heavy atom. The molecule has 0 spiro atoms. The SMILES string of the molecule is C=CCNC(=O)c1ccc(NCc2ccc(C)cc2)cc1. The molecule has 0 aliphatic rings. The molecule has 2 aromatic carbocycles. The highest BCUT2D eigenvalue weighted by Gasteiger charge is 2.03. The van der Waals surface area contributed by atoms with Crippen LogP contribution in [-0.4, -0.2) is 12.5 Å². The van der Waals surface area contributed by atoms with Crippen molar-refractivity contribution in [2.45, 2.75) is 13.5 Å². The van der Waals surface area contributed by atoms with E-state index in [0.717, 1.165) is 12.2 Å². The normalized spacial score (nSPS) is 9.95. The fourth-order valence-corrected chi connectivity index (χ4v) is 1.92. The topological polar surface area (TPSA) is 41.1 Å². The number of anilines is 1. The van der Waals surface area contributed by atoms with E-state index in [4.69, 9.17) is 0 Å². The molecule has 0 bridgehead atoms. The molecule has 0 heterocycles. The van der Waals surface area contributed by atoms with Gasteiger partial charge in [-0.05, 0) is 36.8 Å². The van der Waals surface area contributed by atoms with E-state index < -0.39 is 0 Å². The summed E-state index contributed by atoms with van der Waals surface area (Å²) in [6.45, 7) is 6.90. The number of rotatable bonds is 6. The Morgan fingerprint density at radius 2 is 1.76 bits per heavy atom. The minimum absolute atomic E-state index is 0.0833. The number of hydrogen-bond acceptors (Lipinski definition) is 2. The van der Waals surface area contributed by atoms with E-state index in [0.29, 0.717) is 12.1 Å². The Kier molecular flexibility index (Phi) is 5.16. The predicted molar refractivity (Wildman–Crippen MR) is 87.5 cm³/mol. The molecule has 0 aliphatic heterocycles. The van der Waals surface area contributed by atoms with Crippen LogP contribution < -0.4 is 10.6 Å². The molecular weight excluding hydrogens is 260 g/mol. The molecule has 3 heteroatoms. The molecule has 0 saturated heterocycles. The first kappa shape index (κ1) is 14.9. The van der Waals surface area contributed by atoms with E-state index in [1.807, 2.05) is 24.3 Å². The maximum atomic E-state index is 11.7. The highest BCUT2D eigenvalue weighted by atomic mass is 16.1. The summed E-state index contributed by atoms with van der Waals surface area (Å²) in [7, 11) is 0. The maximum absolute atomic E-state index is 11.7. The first-order valence-corrected chi connectivity index (χ1v) is 6.97. The third kappa shape index (κ3) is 4.49. The number of benzene rings is 2. The van der Waals surface area contributed by atoms with Crippen molar-refractivity contribution >= 4 is 11.6 Å². The zero-order valence-electron chi connectivity index (χ0n) is 12.2. The molecule has 21 heavy (non-hydrogen) atoms. The van der Waals surface area contributed by atoms with Crippen LogP contribution in [0.5, 0.6) is 0 Å². The first-order valence-electron chi connectivity index (χ1n) is 6.97. The molecule has 0 saturated carbocycles. The van der Waals surface area contributed by atoms with Gasteiger partial charge in [0, 0.05) is 24.3 Å². The number of amides is 1. The van der Waals surface area contributed by atoms with Gasteiger partial charge in [0.25, 0.3) is 5.91 Å². The third-order valence-corrected chi connectivity index (χ3v) is 3.17. The van der Waals surface area contributed by atoms with Crippen LogP contribution in [0, 0.1) is 6.92 Å². The van der Waals surface area contributed by atoms with Crippen molar-refractivity contribution in [3.8, 4) is 0 Å². The average Bonchev–Trinajstić information content (AvgIpc) is 2.52. The fraction of sp³-hybridized carbons (Fsp3) is 0.167. The van der Waals surface area contributed by atoms with Gasteiger partial charge in [-0.3, -0.25) is 4.79 Å². The van der Waals surface area contributed by atoms with E-state index in [-0.39, 0.29) is 5.91 Å². The number of hydrogen-bond donors (Lipinski definition) is 2. The molecular formula is C18H20N2O. The van der Waals surface area contributed by atoms with Gasteiger partial charge in [-0.2, -0.15) is 0 Å². The van der Waals surface area contributed by atoms with Gasteiger partial charge >= 0.3 is 0 Å². The second kappa shape index (κ2) is 7.29. The van der Waals surface area contributed by atoms with E-state index in [9.17, 15) is 4.79 Å². The average molecular weight is 280 g/mol. The molecule has 0 fully saturated rings. The van der Waals surface area contributed by atoms with E-state index in [1.165, 1.54) is 11.1 Å². The molecule has 1 amide bonds. The second-order valence-corrected chi connectivity index (χ2v) is 4.92. The molecule has 2 N–H and O–H groups in total. The molecule has 0 unspecified atom stereocenters. The minimum atomic E-state index is -0.0833. The van der Waals surface area contributed by atoms with Crippen LogP contribution in [0.2, 0.25) is 0 Å². The van der Waals surface area contributed by atoms with Crippen molar-refractivity contribution in [3.05, 3.63) is 77.9 Å². The van der Waals surface area contributed by atoms with Gasteiger partial charge in [-0.15, -0.1) is 6.58 Å². The molecule has 2 aromatic rings. The monoisotopic (exact) mass is 280 g/mol. The standard InChI is InChI=1S/C18H20N2O/c1-3-12-19-18(21)16-8-10-17(11-9-16)20-13-15-6-4-14(2)5-7-15/h3-11,20H,1,12-13H2,2H3,(H,19,21). The van der Waals surface area contributed by atoms with Gasteiger partial charge in [0.2, 0.25) is 0 Å². The van der Waals surface area contributed by atoms with Gasteiger partial charge in [0.05, 0.1) is 0 Å². The highest BCUT2D eigenvalue weighted by Crippen LogP contribution is 2.12. The van der Waals surface area contributed by atoms with Crippen LogP contribution in [0.3, 0.4) is 0 Å². The van der Waals surface area contributed by atoms with Crippen LogP contribution in [0.4, 0.5) is 5.69 Å². The van der Waals surface area contributed by atoms with Gasteiger partial charge in [-0.1, -0.05) is 35.9 Å². The quantitative estimate of drug-likeness (QED) is 0.795. The summed E-state index contributed by atoms with van der Waals surface area (Å²) in [5.74, 6) is -0.0833. The van der Waals surface area contributed by atoms with Crippen molar-refractivity contribution in [1.82, 2.24) is 5.32 Å². The maximum Gasteiger partial charge on any atom is 0.251 e. The van der Waals surface area contributed by atoms with Crippen LogP contribution >= 0.6 is 0 Å². The van der Waals surface area contributed by atoms with Crippen LogP contribution in [0.1, 0.15) is 21.5 Å². The zero-order chi connectivity index (χ0) is 15.1. The van der Waals surface area contributed by atoms with Crippen molar-refractivity contribution in [3.63, 3.8) is 0 Å². The molecule has 3 nitrogen and oxygen atoms in total. The van der Waals surface area contributed by atoms with Crippen molar-refractivity contribution in [2.75, 3.05) is 11.9 Å². The fourth-order valence-electron chi connectivity index (χ4n) is 1.92. The zero-order valence-corrected chi connectivity index (χ0v) is 12.2. The molecule has 0 atom stereocenters. The molecule has 0 aromatic heterocycles.